The zero-order valence-corrected chi connectivity index (χ0v) is 20.7. The summed E-state index contributed by atoms with van der Waals surface area (Å²) in [5, 5.41) is 0. The summed E-state index contributed by atoms with van der Waals surface area (Å²) in [7, 11) is 0. The summed E-state index contributed by atoms with van der Waals surface area (Å²) in [6.07, 6.45) is 0.626. The lowest BCUT2D eigenvalue weighted by atomic mass is 10.0. The highest BCUT2D eigenvalue weighted by Gasteiger charge is 2.28. The first kappa shape index (κ1) is 26.3. The van der Waals surface area contributed by atoms with Crippen LogP contribution in [0.15, 0.2) is 24.3 Å². The molecule has 0 aliphatic carbocycles. The van der Waals surface area contributed by atoms with Crippen LogP contribution in [0.4, 0.5) is 0 Å². The molecule has 180 valence electrons. The zero-order chi connectivity index (χ0) is 24.5. The zero-order valence-electron chi connectivity index (χ0n) is 20.7. The fraction of sp³-hybridized carbons (Fsp3) is 0.500. The van der Waals surface area contributed by atoms with Crippen LogP contribution in [0.25, 0.3) is 0 Å². The van der Waals surface area contributed by atoms with Gasteiger partial charge in [0.2, 0.25) is 0 Å². The average Bonchev–Trinajstić information content (AvgIpc) is 3.05. The SMILES string of the molecule is CCOCCCN(CC(=O)c1c(C)c(C(=O)OCC)n(CC)c1C)C(=O)c1ccc(C)cc1. The molecule has 1 amide bonds. The minimum absolute atomic E-state index is 0.0729. The number of ether oxygens (including phenoxy) is 2. The second-order valence-electron chi connectivity index (χ2n) is 7.97. The van der Waals surface area contributed by atoms with Gasteiger partial charge in [0.15, 0.2) is 5.78 Å². The van der Waals surface area contributed by atoms with Gasteiger partial charge in [-0.05, 0) is 65.7 Å². The van der Waals surface area contributed by atoms with E-state index in [0.717, 1.165) is 5.56 Å². The van der Waals surface area contributed by atoms with Crippen molar-refractivity contribution in [2.45, 2.75) is 54.5 Å². The lowest BCUT2D eigenvalue weighted by Crippen LogP contribution is -2.37. The Hall–Kier alpha value is -2.93. The number of hydrogen-bond donors (Lipinski definition) is 0. The number of carbonyl (C=O) groups is 3. The van der Waals surface area contributed by atoms with Crippen molar-refractivity contribution in [3.63, 3.8) is 0 Å². The quantitative estimate of drug-likeness (QED) is 0.269. The van der Waals surface area contributed by atoms with Crippen molar-refractivity contribution in [3.05, 3.63) is 57.9 Å². The number of hydrogen-bond acceptors (Lipinski definition) is 5. The van der Waals surface area contributed by atoms with Crippen LogP contribution < -0.4 is 0 Å². The van der Waals surface area contributed by atoms with Crippen molar-refractivity contribution in [3.8, 4) is 0 Å². The van der Waals surface area contributed by atoms with Gasteiger partial charge in [-0.3, -0.25) is 9.59 Å². The second-order valence-corrected chi connectivity index (χ2v) is 7.97. The number of rotatable bonds is 12. The molecule has 0 aliphatic rings. The van der Waals surface area contributed by atoms with E-state index in [9.17, 15) is 14.4 Å². The molecule has 0 aliphatic heterocycles. The number of Topliss-reactive ketones (excluding diaryl/α,β-unsaturated/α-hetero) is 1. The van der Waals surface area contributed by atoms with Crippen LogP contribution in [0.5, 0.6) is 0 Å². The predicted molar refractivity (Wildman–Crippen MR) is 128 cm³/mol. The molecule has 0 radical (unpaired) electrons. The predicted octanol–water partition coefficient (Wildman–Crippen LogP) is 4.36. The Balaban J connectivity index is 2.35. The summed E-state index contributed by atoms with van der Waals surface area (Å²) >= 11 is 0. The van der Waals surface area contributed by atoms with E-state index in [1.165, 1.54) is 0 Å². The van der Waals surface area contributed by atoms with Crippen LogP contribution in [0.1, 0.15) is 75.2 Å². The third-order valence-corrected chi connectivity index (χ3v) is 5.67. The molecular formula is C26H36N2O5. The lowest BCUT2D eigenvalue weighted by Gasteiger charge is -2.22. The molecule has 1 heterocycles. The minimum atomic E-state index is -0.441. The van der Waals surface area contributed by atoms with Crippen molar-refractivity contribution in [2.75, 3.05) is 32.9 Å². The Labute approximate surface area is 196 Å². The van der Waals surface area contributed by atoms with Crippen LogP contribution in [-0.2, 0) is 16.0 Å². The molecule has 33 heavy (non-hydrogen) atoms. The molecule has 1 aromatic heterocycles. The topological polar surface area (TPSA) is 77.8 Å². The molecule has 7 nitrogen and oxygen atoms in total. The highest BCUT2D eigenvalue weighted by molar-refractivity contribution is 6.06. The maximum Gasteiger partial charge on any atom is 0.355 e. The Morgan fingerprint density at radius 2 is 1.64 bits per heavy atom. The second kappa shape index (κ2) is 12.3. The van der Waals surface area contributed by atoms with Gasteiger partial charge in [-0.15, -0.1) is 0 Å². The maximum atomic E-state index is 13.4. The summed E-state index contributed by atoms with van der Waals surface area (Å²) in [4.78, 5) is 40.8. The molecule has 0 bridgehead atoms. The van der Waals surface area contributed by atoms with Crippen molar-refractivity contribution >= 4 is 17.7 Å². The number of aryl methyl sites for hydroxylation is 1. The molecular weight excluding hydrogens is 420 g/mol. The molecule has 7 heteroatoms. The molecule has 0 fully saturated rings. The van der Waals surface area contributed by atoms with Gasteiger partial charge in [-0.1, -0.05) is 17.7 Å². The van der Waals surface area contributed by atoms with Crippen molar-refractivity contribution < 1.29 is 23.9 Å². The third kappa shape index (κ3) is 6.32. The fourth-order valence-electron chi connectivity index (χ4n) is 4.05. The van der Waals surface area contributed by atoms with E-state index in [2.05, 4.69) is 0 Å². The molecule has 1 aromatic carbocycles. The molecule has 0 spiro atoms. The van der Waals surface area contributed by atoms with Crippen LogP contribution in [0, 0.1) is 20.8 Å². The summed E-state index contributed by atoms with van der Waals surface area (Å²) < 4.78 is 12.4. The molecule has 0 saturated carbocycles. The average molecular weight is 457 g/mol. The molecule has 0 saturated heterocycles. The van der Waals surface area contributed by atoms with E-state index < -0.39 is 5.97 Å². The van der Waals surface area contributed by atoms with Crippen molar-refractivity contribution in [1.82, 2.24) is 9.47 Å². The molecule has 2 rings (SSSR count). The smallest absolute Gasteiger partial charge is 0.355 e. The summed E-state index contributed by atoms with van der Waals surface area (Å²) in [6.45, 7) is 13.4. The van der Waals surface area contributed by atoms with Gasteiger partial charge in [0.25, 0.3) is 5.91 Å². The largest absolute Gasteiger partial charge is 0.461 e. The third-order valence-electron chi connectivity index (χ3n) is 5.67. The molecule has 0 unspecified atom stereocenters. The number of esters is 1. The number of aromatic nitrogens is 1. The van der Waals surface area contributed by atoms with E-state index in [4.69, 9.17) is 9.47 Å². The normalized spacial score (nSPS) is 10.8. The standard InChI is InChI=1S/C26H36N2O5/c1-7-28-20(6)23(19(5)24(28)26(31)33-9-3)22(29)17-27(15-10-16-32-8-2)25(30)21-13-11-18(4)12-14-21/h11-14H,7-10,15-17H2,1-6H3. The van der Waals surface area contributed by atoms with E-state index in [1.54, 1.807) is 30.9 Å². The number of benzene rings is 1. The van der Waals surface area contributed by atoms with Crippen LogP contribution in [0.3, 0.4) is 0 Å². The van der Waals surface area contributed by atoms with Crippen molar-refractivity contribution in [2.24, 2.45) is 0 Å². The number of nitrogens with zero attached hydrogens (tertiary/aromatic N) is 2. The van der Waals surface area contributed by atoms with Gasteiger partial charge in [-0.25, -0.2) is 4.79 Å². The monoisotopic (exact) mass is 456 g/mol. The molecule has 0 atom stereocenters. The fourth-order valence-corrected chi connectivity index (χ4v) is 4.05. The van der Waals surface area contributed by atoms with Gasteiger partial charge in [0.1, 0.15) is 5.69 Å². The minimum Gasteiger partial charge on any atom is -0.461 e. The summed E-state index contributed by atoms with van der Waals surface area (Å²) in [5.41, 5.74) is 3.77. The van der Waals surface area contributed by atoms with Crippen molar-refractivity contribution in [1.29, 1.82) is 0 Å². The highest BCUT2D eigenvalue weighted by atomic mass is 16.5. The first-order valence-corrected chi connectivity index (χ1v) is 11.6. The first-order chi connectivity index (χ1) is 15.8. The number of amides is 1. The Morgan fingerprint density at radius 1 is 0.970 bits per heavy atom. The van der Waals surface area contributed by atoms with Gasteiger partial charge in [0.05, 0.1) is 13.2 Å². The summed E-state index contributed by atoms with van der Waals surface area (Å²) in [6, 6.07) is 7.32. The van der Waals surface area contributed by atoms with Crippen LogP contribution in [-0.4, -0.2) is 60.0 Å². The number of ketones is 1. The van der Waals surface area contributed by atoms with Crippen LogP contribution >= 0.6 is 0 Å². The highest BCUT2D eigenvalue weighted by Crippen LogP contribution is 2.24. The van der Waals surface area contributed by atoms with Gasteiger partial charge in [0, 0.05) is 43.1 Å². The Kier molecular flexibility index (Phi) is 9.85. The van der Waals surface area contributed by atoms with E-state index in [-0.39, 0.29) is 24.8 Å². The van der Waals surface area contributed by atoms with Gasteiger partial charge in [-0.2, -0.15) is 0 Å². The first-order valence-electron chi connectivity index (χ1n) is 11.6. The lowest BCUT2D eigenvalue weighted by molar-refractivity contribution is 0.0512. The van der Waals surface area contributed by atoms with Gasteiger partial charge >= 0.3 is 5.97 Å². The maximum absolute atomic E-state index is 13.4. The number of carbonyl (C=O) groups excluding carboxylic acids is 3. The van der Waals surface area contributed by atoms with E-state index in [1.807, 2.05) is 44.4 Å². The van der Waals surface area contributed by atoms with E-state index >= 15 is 0 Å². The summed E-state index contributed by atoms with van der Waals surface area (Å²) in [5.74, 6) is -0.835. The van der Waals surface area contributed by atoms with Crippen LogP contribution in [0.2, 0.25) is 0 Å². The van der Waals surface area contributed by atoms with Gasteiger partial charge < -0.3 is 18.9 Å². The Morgan fingerprint density at radius 3 is 2.21 bits per heavy atom. The van der Waals surface area contributed by atoms with E-state index in [0.29, 0.717) is 60.8 Å². The molecule has 0 N–H and O–H groups in total. The Bertz CT molecular complexity index is 976. The molecule has 2 aromatic rings.